The SMILES string of the molecule is COc1cc(N/C=C(\N)CN2CCN[C@H](c3ccc4c(c3C)COC4=O)C2)nc(C)c1C#N. The number of piperazine rings is 1. The first-order valence-electron chi connectivity index (χ1n) is 10.8. The summed E-state index contributed by atoms with van der Waals surface area (Å²) in [6, 6.07) is 7.83. The number of hydrogen-bond acceptors (Lipinski definition) is 9. The Labute approximate surface area is 193 Å². The first-order valence-corrected chi connectivity index (χ1v) is 10.8. The lowest BCUT2D eigenvalue weighted by atomic mass is 9.93. The molecule has 2 aromatic rings. The van der Waals surface area contributed by atoms with Crippen LogP contribution in [0.3, 0.4) is 0 Å². The van der Waals surface area contributed by atoms with E-state index in [1.807, 2.05) is 12.1 Å². The molecular weight excluding hydrogens is 420 g/mol. The molecule has 0 amide bonds. The zero-order chi connectivity index (χ0) is 23.5. The highest BCUT2D eigenvalue weighted by Gasteiger charge is 2.28. The van der Waals surface area contributed by atoms with E-state index in [2.05, 4.69) is 33.5 Å². The summed E-state index contributed by atoms with van der Waals surface area (Å²) in [7, 11) is 1.53. The van der Waals surface area contributed by atoms with E-state index in [0.717, 1.165) is 30.8 Å². The zero-order valence-corrected chi connectivity index (χ0v) is 19.1. The molecule has 172 valence electrons. The fourth-order valence-corrected chi connectivity index (χ4v) is 4.39. The Morgan fingerprint density at radius 2 is 2.30 bits per heavy atom. The topological polar surface area (TPSA) is 126 Å². The molecule has 3 heterocycles. The highest BCUT2D eigenvalue weighted by atomic mass is 16.5. The molecule has 4 rings (SSSR count). The molecule has 9 nitrogen and oxygen atoms in total. The van der Waals surface area contributed by atoms with Crippen LogP contribution in [0, 0.1) is 25.2 Å². The molecular formula is C24H28N6O3. The van der Waals surface area contributed by atoms with Crippen LogP contribution in [0.1, 0.15) is 44.3 Å². The molecule has 0 radical (unpaired) electrons. The van der Waals surface area contributed by atoms with E-state index in [0.29, 0.717) is 47.2 Å². The van der Waals surface area contributed by atoms with E-state index in [-0.39, 0.29) is 12.0 Å². The molecule has 4 N–H and O–H groups in total. The van der Waals surface area contributed by atoms with E-state index in [1.54, 1.807) is 19.2 Å². The molecule has 1 fully saturated rings. The van der Waals surface area contributed by atoms with Crippen LogP contribution in [-0.4, -0.2) is 49.1 Å². The number of benzene rings is 1. The van der Waals surface area contributed by atoms with Crippen molar-refractivity contribution in [1.29, 1.82) is 5.26 Å². The number of hydrogen-bond donors (Lipinski definition) is 3. The predicted octanol–water partition coefficient (Wildman–Crippen LogP) is 2.11. The third-order valence-electron chi connectivity index (χ3n) is 6.15. The quantitative estimate of drug-likeness (QED) is 0.570. The second-order valence-corrected chi connectivity index (χ2v) is 8.27. The molecule has 1 aromatic heterocycles. The largest absolute Gasteiger partial charge is 0.495 e. The Bertz CT molecular complexity index is 1150. The lowest BCUT2D eigenvalue weighted by molar-refractivity contribution is 0.0535. The minimum absolute atomic E-state index is 0.146. The van der Waals surface area contributed by atoms with Crippen molar-refractivity contribution in [1.82, 2.24) is 15.2 Å². The minimum Gasteiger partial charge on any atom is -0.495 e. The van der Waals surface area contributed by atoms with Gasteiger partial charge in [0, 0.05) is 55.7 Å². The summed E-state index contributed by atoms with van der Waals surface area (Å²) in [5.74, 6) is 0.795. The number of nitriles is 1. The van der Waals surface area contributed by atoms with Gasteiger partial charge in [-0.2, -0.15) is 5.26 Å². The number of fused-ring (bicyclic) bond motifs is 1. The molecule has 33 heavy (non-hydrogen) atoms. The second kappa shape index (κ2) is 9.48. The first-order chi connectivity index (χ1) is 15.9. The molecule has 2 aliphatic rings. The van der Waals surface area contributed by atoms with Crippen molar-refractivity contribution in [2.75, 3.05) is 38.6 Å². The predicted molar refractivity (Wildman–Crippen MR) is 124 cm³/mol. The van der Waals surface area contributed by atoms with Gasteiger partial charge < -0.3 is 25.8 Å². The standard InChI is InChI=1S/C24H28N6O3/c1-14-17(4-5-18-20(14)13-33-24(18)31)21-12-30(7-6-27-21)11-16(26)10-28-23-8-22(32-3)19(9-25)15(2)29-23/h4-5,8,10,21,27H,6-7,11-13,26H2,1-3H3,(H,28,29)/b16-10-/t21-/m0/s1. The van der Waals surface area contributed by atoms with Crippen LogP contribution < -0.4 is 21.1 Å². The number of aromatic nitrogens is 1. The van der Waals surface area contributed by atoms with Crippen LogP contribution in [0.15, 0.2) is 30.1 Å². The van der Waals surface area contributed by atoms with Gasteiger partial charge in [-0.05, 0) is 31.0 Å². The van der Waals surface area contributed by atoms with Crippen molar-refractivity contribution in [3.63, 3.8) is 0 Å². The summed E-state index contributed by atoms with van der Waals surface area (Å²) in [4.78, 5) is 18.5. The van der Waals surface area contributed by atoms with Gasteiger partial charge in [0.2, 0.25) is 0 Å². The van der Waals surface area contributed by atoms with E-state index < -0.39 is 0 Å². The van der Waals surface area contributed by atoms with E-state index in [1.165, 1.54) is 12.7 Å². The van der Waals surface area contributed by atoms with Crippen LogP contribution >= 0.6 is 0 Å². The summed E-state index contributed by atoms with van der Waals surface area (Å²) in [5, 5.41) is 15.9. The number of ether oxygens (including phenoxy) is 2. The van der Waals surface area contributed by atoms with Crippen molar-refractivity contribution < 1.29 is 14.3 Å². The molecule has 0 saturated carbocycles. The summed E-state index contributed by atoms with van der Waals surface area (Å²) < 4.78 is 10.5. The maximum Gasteiger partial charge on any atom is 0.338 e. The number of pyridine rings is 1. The minimum atomic E-state index is -0.243. The van der Waals surface area contributed by atoms with Crippen molar-refractivity contribution in [3.8, 4) is 11.8 Å². The van der Waals surface area contributed by atoms with Gasteiger partial charge in [0.1, 0.15) is 29.8 Å². The van der Waals surface area contributed by atoms with Crippen molar-refractivity contribution >= 4 is 11.8 Å². The first kappa shape index (κ1) is 22.6. The fourth-order valence-electron chi connectivity index (χ4n) is 4.39. The van der Waals surface area contributed by atoms with Crippen molar-refractivity contribution in [3.05, 3.63) is 63.6 Å². The third kappa shape index (κ3) is 4.62. The summed E-state index contributed by atoms with van der Waals surface area (Å²) in [5.41, 5.74) is 11.9. The Hall–Kier alpha value is -3.61. The molecule has 0 spiro atoms. The van der Waals surface area contributed by atoms with Crippen molar-refractivity contribution in [2.45, 2.75) is 26.5 Å². The van der Waals surface area contributed by atoms with E-state index in [9.17, 15) is 10.1 Å². The number of rotatable bonds is 6. The second-order valence-electron chi connectivity index (χ2n) is 8.27. The number of anilines is 1. The molecule has 9 heteroatoms. The normalized spacial score (nSPS) is 18.4. The van der Waals surface area contributed by atoms with Gasteiger partial charge in [0.25, 0.3) is 0 Å². The number of nitrogens with zero attached hydrogens (tertiary/aromatic N) is 3. The average Bonchev–Trinajstić information content (AvgIpc) is 3.19. The zero-order valence-electron chi connectivity index (χ0n) is 19.1. The van der Waals surface area contributed by atoms with Crippen molar-refractivity contribution in [2.24, 2.45) is 5.73 Å². The molecule has 0 aliphatic carbocycles. The summed E-state index contributed by atoms with van der Waals surface area (Å²) in [6.07, 6.45) is 1.73. The number of nitrogens with two attached hydrogens (primary N) is 1. The lowest BCUT2D eigenvalue weighted by Gasteiger charge is -2.34. The van der Waals surface area contributed by atoms with Crippen LogP contribution in [0.4, 0.5) is 5.82 Å². The van der Waals surface area contributed by atoms with Crippen LogP contribution in [0.2, 0.25) is 0 Å². The maximum atomic E-state index is 11.8. The molecule has 1 atom stereocenters. The van der Waals surface area contributed by atoms with E-state index in [4.69, 9.17) is 15.2 Å². The lowest BCUT2D eigenvalue weighted by Crippen LogP contribution is -2.47. The molecule has 1 saturated heterocycles. The number of carbonyl (C=O) groups excluding carboxylic acids is 1. The summed E-state index contributed by atoms with van der Waals surface area (Å²) >= 11 is 0. The Morgan fingerprint density at radius 3 is 3.06 bits per heavy atom. The number of esters is 1. The van der Waals surface area contributed by atoms with Gasteiger partial charge in [-0.15, -0.1) is 0 Å². The third-order valence-corrected chi connectivity index (χ3v) is 6.15. The van der Waals surface area contributed by atoms with Gasteiger partial charge in [0.15, 0.2) is 0 Å². The number of methoxy groups -OCH3 is 1. The fraction of sp³-hybridized carbons (Fsp3) is 0.375. The maximum absolute atomic E-state index is 11.8. The van der Waals surface area contributed by atoms with Crippen LogP contribution in [0.5, 0.6) is 5.75 Å². The molecule has 1 aromatic carbocycles. The number of nitrogens with one attached hydrogen (secondary N) is 2. The van der Waals surface area contributed by atoms with Gasteiger partial charge in [0.05, 0.1) is 18.4 Å². The average molecular weight is 449 g/mol. The molecule has 0 unspecified atom stereocenters. The van der Waals surface area contributed by atoms with Gasteiger partial charge >= 0.3 is 5.97 Å². The van der Waals surface area contributed by atoms with Gasteiger partial charge in [-0.25, -0.2) is 9.78 Å². The Balaban J connectivity index is 1.42. The molecule has 2 aliphatic heterocycles. The van der Waals surface area contributed by atoms with Gasteiger partial charge in [-0.3, -0.25) is 4.90 Å². The highest BCUT2D eigenvalue weighted by Crippen LogP contribution is 2.30. The Kier molecular flexibility index (Phi) is 6.49. The highest BCUT2D eigenvalue weighted by molar-refractivity contribution is 5.94. The summed E-state index contributed by atoms with van der Waals surface area (Å²) in [6.45, 7) is 7.27. The van der Waals surface area contributed by atoms with Gasteiger partial charge in [-0.1, -0.05) is 6.07 Å². The van der Waals surface area contributed by atoms with Crippen LogP contribution in [-0.2, 0) is 11.3 Å². The van der Waals surface area contributed by atoms with E-state index >= 15 is 0 Å². The number of carbonyl (C=O) groups is 1. The number of cyclic esters (lactones) is 1. The Morgan fingerprint density at radius 1 is 1.48 bits per heavy atom. The number of aryl methyl sites for hydroxylation is 1. The molecule has 0 bridgehead atoms. The monoisotopic (exact) mass is 448 g/mol. The van der Waals surface area contributed by atoms with Crippen LogP contribution in [0.25, 0.3) is 0 Å². The smallest absolute Gasteiger partial charge is 0.338 e.